The molecule has 1 aromatic heterocycles. The minimum atomic E-state index is -0.180. The van der Waals surface area contributed by atoms with Crippen LogP contribution in [-0.4, -0.2) is 40.0 Å². The van der Waals surface area contributed by atoms with Gasteiger partial charge in [-0.15, -0.1) is 5.10 Å². The van der Waals surface area contributed by atoms with E-state index in [-0.39, 0.29) is 5.91 Å². The number of carbonyl (C=O) groups is 1. The number of anilines is 1. The third-order valence-electron chi connectivity index (χ3n) is 5.69. The Balaban J connectivity index is 1.34. The summed E-state index contributed by atoms with van der Waals surface area (Å²) in [6, 6.07) is 8.99. The van der Waals surface area contributed by atoms with Gasteiger partial charge in [-0.1, -0.05) is 17.3 Å². The van der Waals surface area contributed by atoms with E-state index in [1.807, 2.05) is 10.7 Å². The van der Waals surface area contributed by atoms with E-state index in [9.17, 15) is 4.79 Å². The fourth-order valence-corrected chi connectivity index (χ4v) is 4.04. The third-order valence-corrected chi connectivity index (χ3v) is 5.69. The van der Waals surface area contributed by atoms with Gasteiger partial charge in [-0.2, -0.15) is 0 Å². The van der Waals surface area contributed by atoms with Gasteiger partial charge >= 0.3 is 0 Å². The Morgan fingerprint density at radius 1 is 1.19 bits per heavy atom. The largest absolute Gasteiger partial charge is 0.372 e. The molecule has 0 spiro atoms. The topological polar surface area (TPSA) is 89.1 Å². The predicted octanol–water partition coefficient (Wildman–Crippen LogP) is 2.25. The van der Waals surface area contributed by atoms with E-state index in [1.165, 1.54) is 18.5 Å². The number of aromatic nitrogens is 3. The van der Waals surface area contributed by atoms with E-state index in [4.69, 9.17) is 5.73 Å². The molecule has 7 heteroatoms. The number of nitrogens with two attached hydrogens (primary N) is 1. The Morgan fingerprint density at radius 2 is 1.96 bits per heavy atom. The van der Waals surface area contributed by atoms with E-state index in [1.54, 1.807) is 6.20 Å². The summed E-state index contributed by atoms with van der Waals surface area (Å²) in [6.45, 7) is 2.72. The molecule has 0 unspecified atom stereocenters. The second-order valence-electron chi connectivity index (χ2n) is 7.70. The van der Waals surface area contributed by atoms with Gasteiger partial charge < -0.3 is 16.0 Å². The van der Waals surface area contributed by atoms with Crippen molar-refractivity contribution in [3.8, 4) is 0 Å². The van der Waals surface area contributed by atoms with Crippen molar-refractivity contribution in [3.63, 3.8) is 0 Å². The van der Waals surface area contributed by atoms with Gasteiger partial charge in [-0.3, -0.25) is 4.79 Å². The van der Waals surface area contributed by atoms with Crippen molar-refractivity contribution in [2.45, 2.75) is 57.2 Å². The van der Waals surface area contributed by atoms with Gasteiger partial charge in [0.05, 0.1) is 12.2 Å². The highest BCUT2D eigenvalue weighted by atomic mass is 16.2. The van der Waals surface area contributed by atoms with E-state index in [0.717, 1.165) is 44.3 Å². The Hall–Kier alpha value is -2.41. The lowest BCUT2D eigenvalue weighted by molar-refractivity contribution is 0.0946. The van der Waals surface area contributed by atoms with Crippen LogP contribution < -0.4 is 16.0 Å². The van der Waals surface area contributed by atoms with Gasteiger partial charge in [0.25, 0.3) is 5.91 Å². The van der Waals surface area contributed by atoms with E-state index >= 15 is 0 Å². The second-order valence-corrected chi connectivity index (χ2v) is 7.70. The number of amides is 1. The first-order valence-electron chi connectivity index (χ1n) is 9.98. The zero-order valence-electron chi connectivity index (χ0n) is 15.7. The quantitative estimate of drug-likeness (QED) is 0.845. The van der Waals surface area contributed by atoms with E-state index in [0.29, 0.717) is 24.3 Å². The first kappa shape index (κ1) is 18.0. The molecule has 2 aromatic rings. The van der Waals surface area contributed by atoms with Gasteiger partial charge in [0.1, 0.15) is 0 Å². The zero-order chi connectivity index (χ0) is 18.6. The fourth-order valence-electron chi connectivity index (χ4n) is 4.04. The maximum absolute atomic E-state index is 12.4. The molecule has 1 saturated carbocycles. The smallest absolute Gasteiger partial charge is 0.273 e. The normalized spacial score (nSPS) is 22.8. The molecule has 1 aliphatic carbocycles. The molecule has 0 bridgehead atoms. The molecule has 7 nitrogen and oxygen atoms in total. The summed E-state index contributed by atoms with van der Waals surface area (Å²) in [4.78, 5) is 14.8. The number of carbonyl (C=O) groups excluding carboxylic acids is 1. The zero-order valence-corrected chi connectivity index (χ0v) is 15.7. The van der Waals surface area contributed by atoms with Crippen LogP contribution >= 0.6 is 0 Å². The van der Waals surface area contributed by atoms with Crippen molar-refractivity contribution >= 4 is 11.6 Å². The molecule has 4 rings (SSSR count). The van der Waals surface area contributed by atoms with Gasteiger partial charge in [0.15, 0.2) is 5.69 Å². The lowest BCUT2D eigenvalue weighted by Crippen LogP contribution is -2.28. The molecular weight excluding hydrogens is 340 g/mol. The van der Waals surface area contributed by atoms with Crippen LogP contribution in [0.2, 0.25) is 0 Å². The molecule has 2 fully saturated rings. The summed E-state index contributed by atoms with van der Waals surface area (Å²) in [6.07, 6.45) is 8.26. The van der Waals surface area contributed by atoms with Gasteiger partial charge in [-0.25, -0.2) is 4.68 Å². The molecule has 0 radical (unpaired) electrons. The molecule has 27 heavy (non-hydrogen) atoms. The molecule has 144 valence electrons. The van der Waals surface area contributed by atoms with Crippen LogP contribution in [0.25, 0.3) is 0 Å². The molecule has 1 amide bonds. The van der Waals surface area contributed by atoms with Crippen molar-refractivity contribution in [1.82, 2.24) is 20.3 Å². The number of benzene rings is 1. The van der Waals surface area contributed by atoms with Crippen LogP contribution in [-0.2, 0) is 6.54 Å². The first-order valence-corrected chi connectivity index (χ1v) is 9.98. The third kappa shape index (κ3) is 4.30. The Bertz CT molecular complexity index is 774. The van der Waals surface area contributed by atoms with Crippen LogP contribution in [0, 0.1) is 0 Å². The van der Waals surface area contributed by atoms with Crippen LogP contribution in [0.4, 0.5) is 5.69 Å². The maximum Gasteiger partial charge on any atom is 0.273 e. The van der Waals surface area contributed by atoms with Crippen LogP contribution in [0.5, 0.6) is 0 Å². The number of hydrogen-bond donors (Lipinski definition) is 2. The average molecular weight is 368 g/mol. The van der Waals surface area contributed by atoms with Crippen molar-refractivity contribution in [2.24, 2.45) is 5.73 Å². The highest BCUT2D eigenvalue weighted by Crippen LogP contribution is 2.26. The Kier molecular flexibility index (Phi) is 5.38. The standard InChI is InChI=1S/C20H28N6O/c21-16-6-8-17(9-7-16)26-14-19(23-24-26)20(27)22-13-15-4-3-5-18(12-15)25-10-1-2-11-25/h3-5,12,14,16-17H,1-2,6-11,13,21H2,(H,22,27). The van der Waals surface area contributed by atoms with Crippen molar-refractivity contribution in [1.29, 1.82) is 0 Å². The summed E-state index contributed by atoms with van der Waals surface area (Å²) in [5.41, 5.74) is 8.67. The van der Waals surface area contributed by atoms with Crippen molar-refractivity contribution in [2.75, 3.05) is 18.0 Å². The monoisotopic (exact) mass is 368 g/mol. The lowest BCUT2D eigenvalue weighted by Gasteiger charge is -2.25. The van der Waals surface area contributed by atoms with Crippen molar-refractivity contribution in [3.05, 3.63) is 41.7 Å². The Morgan fingerprint density at radius 3 is 2.74 bits per heavy atom. The molecule has 2 aliphatic rings. The summed E-state index contributed by atoms with van der Waals surface area (Å²) in [7, 11) is 0. The highest BCUT2D eigenvalue weighted by molar-refractivity contribution is 5.91. The highest BCUT2D eigenvalue weighted by Gasteiger charge is 2.22. The molecule has 0 atom stereocenters. The van der Waals surface area contributed by atoms with E-state index in [2.05, 4.69) is 38.7 Å². The molecular formula is C20H28N6O. The minimum Gasteiger partial charge on any atom is -0.372 e. The minimum absolute atomic E-state index is 0.180. The Labute approximate surface area is 159 Å². The lowest BCUT2D eigenvalue weighted by atomic mass is 9.92. The van der Waals surface area contributed by atoms with Gasteiger partial charge in [-0.05, 0) is 56.2 Å². The van der Waals surface area contributed by atoms with E-state index < -0.39 is 0 Å². The number of nitrogens with one attached hydrogen (secondary N) is 1. The molecule has 3 N–H and O–H groups in total. The second kappa shape index (κ2) is 8.08. The predicted molar refractivity (Wildman–Crippen MR) is 105 cm³/mol. The number of rotatable bonds is 5. The molecule has 1 saturated heterocycles. The molecule has 1 aliphatic heterocycles. The number of hydrogen-bond acceptors (Lipinski definition) is 5. The van der Waals surface area contributed by atoms with Crippen molar-refractivity contribution < 1.29 is 4.79 Å². The molecule has 1 aromatic carbocycles. The summed E-state index contributed by atoms with van der Waals surface area (Å²) >= 11 is 0. The summed E-state index contributed by atoms with van der Waals surface area (Å²) < 4.78 is 1.83. The van der Waals surface area contributed by atoms with Crippen LogP contribution in [0.15, 0.2) is 30.5 Å². The summed E-state index contributed by atoms with van der Waals surface area (Å²) in [5.74, 6) is -0.180. The van der Waals surface area contributed by atoms with Gasteiger partial charge in [0, 0.05) is 31.4 Å². The van der Waals surface area contributed by atoms with Crippen LogP contribution in [0.1, 0.15) is 60.6 Å². The summed E-state index contributed by atoms with van der Waals surface area (Å²) in [5, 5.41) is 11.2. The average Bonchev–Trinajstić information content (AvgIpc) is 3.39. The number of nitrogens with zero attached hydrogens (tertiary/aromatic N) is 4. The first-order chi connectivity index (χ1) is 13.2. The van der Waals surface area contributed by atoms with Gasteiger partial charge in [0.2, 0.25) is 0 Å². The van der Waals surface area contributed by atoms with Crippen LogP contribution in [0.3, 0.4) is 0 Å². The maximum atomic E-state index is 12.4. The molecule has 2 heterocycles. The fraction of sp³-hybridized carbons (Fsp3) is 0.550. The SMILES string of the molecule is NC1CCC(n2cc(C(=O)NCc3cccc(N4CCCC4)c3)nn2)CC1.